The topological polar surface area (TPSA) is 40.5 Å². The zero-order valence-electron chi connectivity index (χ0n) is 20.8. The van der Waals surface area contributed by atoms with Gasteiger partial charge in [-0.05, 0) is 98.8 Å². The van der Waals surface area contributed by atoms with Crippen LogP contribution in [-0.4, -0.2) is 36.0 Å². The van der Waals surface area contributed by atoms with E-state index in [1.165, 1.54) is 22.4 Å². The first-order chi connectivity index (χ1) is 15.8. The Morgan fingerprint density at radius 2 is 1.88 bits per heavy atom. The number of allylic oxidation sites excluding steroid dienone is 8. The molecule has 0 unspecified atom stereocenters. The lowest BCUT2D eigenvalue weighted by Crippen LogP contribution is -2.55. The van der Waals surface area contributed by atoms with Crippen molar-refractivity contribution in [2.45, 2.75) is 77.7 Å². The molecule has 0 radical (unpaired) electrons. The smallest absolute Gasteiger partial charge is 0.156 e. The minimum Gasteiger partial charge on any atom is -0.391 e. The highest BCUT2D eigenvalue weighted by molar-refractivity contribution is 5.93. The van der Waals surface area contributed by atoms with Crippen LogP contribution in [0.1, 0.15) is 71.6 Å². The molecule has 0 aromatic carbocycles. The monoisotopic (exact) mass is 445 g/mol. The van der Waals surface area contributed by atoms with Gasteiger partial charge in [-0.1, -0.05) is 30.1 Å². The van der Waals surface area contributed by atoms with Crippen LogP contribution in [0.3, 0.4) is 0 Å². The molecule has 0 saturated heterocycles. The molecule has 3 heteroatoms. The molecule has 0 aromatic heterocycles. The van der Waals surface area contributed by atoms with Crippen molar-refractivity contribution in [1.82, 2.24) is 4.90 Å². The van der Waals surface area contributed by atoms with Crippen LogP contribution < -0.4 is 0 Å². The summed E-state index contributed by atoms with van der Waals surface area (Å²) in [5.41, 5.74) is 7.27. The van der Waals surface area contributed by atoms with Gasteiger partial charge in [0.05, 0.1) is 6.10 Å². The summed E-state index contributed by atoms with van der Waals surface area (Å²) in [6.45, 7) is 4.26. The van der Waals surface area contributed by atoms with Crippen LogP contribution in [0.4, 0.5) is 0 Å². The van der Waals surface area contributed by atoms with Gasteiger partial charge >= 0.3 is 0 Å². The second kappa shape index (κ2) is 8.62. The Hall–Kier alpha value is -2.05. The maximum Gasteiger partial charge on any atom is 0.156 e. The highest BCUT2D eigenvalue weighted by Gasteiger charge is 2.56. The molecular formula is C30H39NO2. The maximum absolute atomic E-state index is 12.2. The number of hydrogen-bond acceptors (Lipinski definition) is 3. The van der Waals surface area contributed by atoms with Crippen molar-refractivity contribution < 1.29 is 9.90 Å². The van der Waals surface area contributed by atoms with Gasteiger partial charge in [0.15, 0.2) is 5.78 Å². The van der Waals surface area contributed by atoms with Crippen molar-refractivity contribution in [3.8, 4) is 11.8 Å². The molecule has 176 valence electrons. The van der Waals surface area contributed by atoms with E-state index < -0.39 is 0 Å². The number of carbonyl (C=O) groups is 1. The van der Waals surface area contributed by atoms with E-state index in [4.69, 9.17) is 0 Å². The quantitative estimate of drug-likeness (QED) is 0.564. The average Bonchev–Trinajstić information content (AvgIpc) is 2.80. The lowest BCUT2D eigenvalue weighted by atomic mass is 9.47. The fourth-order valence-corrected chi connectivity index (χ4v) is 7.87. The molecule has 1 N–H and O–H groups in total. The highest BCUT2D eigenvalue weighted by atomic mass is 16.3. The third kappa shape index (κ3) is 3.75. The number of aliphatic hydroxyl groups is 1. The molecule has 6 atom stereocenters. The van der Waals surface area contributed by atoms with E-state index in [2.05, 4.69) is 49.9 Å². The Morgan fingerprint density at radius 3 is 2.58 bits per heavy atom. The van der Waals surface area contributed by atoms with Crippen LogP contribution in [0.2, 0.25) is 0 Å². The molecule has 0 bridgehead atoms. The standard InChI is InChI=1S/C30H39NO2/c1-5-6-20-10-16-27-25-14-9-21-17-23(32)13-15-24(21)28(25)26(18-30(27,2)29(20)33)19-7-11-22(12-8-19)31(3)4/h7,11,17,20,25-27,29,33H,8-10,12-16,18H2,1-4H3/t20-,25+,26+,27-,29-,30-/m0/s1. The Labute approximate surface area is 199 Å². The number of aliphatic hydroxyl groups excluding tert-OH is 1. The lowest BCUT2D eigenvalue weighted by Gasteiger charge is -2.58. The van der Waals surface area contributed by atoms with Crippen LogP contribution in [0.25, 0.3) is 0 Å². The van der Waals surface area contributed by atoms with Crippen LogP contribution >= 0.6 is 0 Å². The first-order valence-corrected chi connectivity index (χ1v) is 13.0. The van der Waals surface area contributed by atoms with Crippen molar-refractivity contribution in [2.24, 2.45) is 29.1 Å². The second-order valence-corrected chi connectivity index (χ2v) is 11.4. The number of ketones is 1. The van der Waals surface area contributed by atoms with Crippen molar-refractivity contribution in [1.29, 1.82) is 0 Å². The molecule has 3 nitrogen and oxygen atoms in total. The van der Waals surface area contributed by atoms with Crippen LogP contribution in [0.15, 0.2) is 46.2 Å². The predicted octanol–water partition coefficient (Wildman–Crippen LogP) is 5.58. The molecule has 2 fully saturated rings. The summed E-state index contributed by atoms with van der Waals surface area (Å²) in [7, 11) is 4.25. The van der Waals surface area contributed by atoms with Gasteiger partial charge < -0.3 is 10.0 Å². The highest BCUT2D eigenvalue weighted by Crippen LogP contribution is 2.62. The van der Waals surface area contributed by atoms with E-state index in [1.807, 2.05) is 13.0 Å². The fourth-order valence-electron chi connectivity index (χ4n) is 7.87. The molecule has 5 aliphatic carbocycles. The van der Waals surface area contributed by atoms with Gasteiger partial charge in [0.2, 0.25) is 0 Å². The predicted molar refractivity (Wildman–Crippen MR) is 133 cm³/mol. The minimum atomic E-state index is -0.361. The summed E-state index contributed by atoms with van der Waals surface area (Å²) in [5, 5.41) is 11.6. The van der Waals surface area contributed by atoms with Crippen LogP contribution in [0, 0.1) is 40.9 Å². The van der Waals surface area contributed by atoms with Crippen LogP contribution in [0.5, 0.6) is 0 Å². The van der Waals surface area contributed by atoms with E-state index in [0.29, 0.717) is 30.0 Å². The van der Waals surface area contributed by atoms with E-state index in [9.17, 15) is 9.90 Å². The van der Waals surface area contributed by atoms with Gasteiger partial charge in [-0.15, -0.1) is 5.92 Å². The van der Waals surface area contributed by atoms with Gasteiger partial charge in [0.25, 0.3) is 0 Å². The van der Waals surface area contributed by atoms with Gasteiger partial charge in [0.1, 0.15) is 0 Å². The average molecular weight is 446 g/mol. The van der Waals surface area contributed by atoms with Crippen LogP contribution in [-0.2, 0) is 4.79 Å². The van der Waals surface area contributed by atoms with Crippen molar-refractivity contribution in [2.75, 3.05) is 14.1 Å². The summed E-state index contributed by atoms with van der Waals surface area (Å²) in [4.78, 5) is 14.4. The fraction of sp³-hybridized carbons (Fsp3) is 0.633. The number of hydrogen-bond donors (Lipinski definition) is 1. The minimum absolute atomic E-state index is 0.0954. The number of fused-ring (bicyclic) bond motifs is 4. The normalized spacial score (nSPS) is 38.0. The van der Waals surface area contributed by atoms with Gasteiger partial charge in [-0.3, -0.25) is 4.79 Å². The zero-order chi connectivity index (χ0) is 23.3. The van der Waals surface area contributed by atoms with Crippen molar-refractivity contribution >= 4 is 5.78 Å². The summed E-state index contributed by atoms with van der Waals surface area (Å²) in [6, 6.07) is 0. The van der Waals surface area contributed by atoms with Crippen molar-refractivity contribution in [3.63, 3.8) is 0 Å². The number of nitrogens with zero attached hydrogens (tertiary/aromatic N) is 1. The molecule has 0 amide bonds. The van der Waals surface area contributed by atoms with E-state index >= 15 is 0 Å². The largest absolute Gasteiger partial charge is 0.391 e. The molecule has 0 spiro atoms. The first-order valence-electron chi connectivity index (χ1n) is 13.0. The molecule has 0 aliphatic heterocycles. The third-order valence-electron chi connectivity index (χ3n) is 9.53. The summed E-state index contributed by atoms with van der Waals surface area (Å²) in [6.07, 6.45) is 15.3. The lowest BCUT2D eigenvalue weighted by molar-refractivity contribution is -0.115. The Morgan fingerprint density at radius 1 is 1.06 bits per heavy atom. The molecule has 2 saturated carbocycles. The van der Waals surface area contributed by atoms with E-state index in [1.54, 1.807) is 5.57 Å². The summed E-state index contributed by atoms with van der Waals surface area (Å²) >= 11 is 0. The summed E-state index contributed by atoms with van der Waals surface area (Å²) in [5.74, 6) is 8.24. The molecule has 5 aliphatic rings. The van der Waals surface area contributed by atoms with Crippen molar-refractivity contribution in [3.05, 3.63) is 46.2 Å². The Kier molecular flexibility index (Phi) is 5.94. The van der Waals surface area contributed by atoms with E-state index in [-0.39, 0.29) is 17.4 Å². The SMILES string of the molecule is CC#C[C@H]1CC[C@H]2[C@H]3CCC4=CC(=O)CCC4=C3[C@@H](C3=CC=C(N(C)C)CC3)C[C@]2(C)[C@H]1O. The Balaban J connectivity index is 1.61. The zero-order valence-corrected chi connectivity index (χ0v) is 20.8. The van der Waals surface area contributed by atoms with E-state index in [0.717, 1.165) is 51.4 Å². The molecular weight excluding hydrogens is 406 g/mol. The second-order valence-electron chi connectivity index (χ2n) is 11.4. The first kappa shape index (κ1) is 22.7. The van der Waals surface area contributed by atoms with Gasteiger partial charge in [-0.2, -0.15) is 0 Å². The Bertz CT molecular complexity index is 1030. The third-order valence-corrected chi connectivity index (χ3v) is 9.53. The number of rotatable bonds is 2. The number of carbonyl (C=O) groups excluding carboxylic acids is 1. The molecule has 33 heavy (non-hydrogen) atoms. The molecule has 0 heterocycles. The van der Waals surface area contributed by atoms with Gasteiger partial charge in [0, 0.05) is 38.0 Å². The van der Waals surface area contributed by atoms with Gasteiger partial charge in [-0.25, -0.2) is 0 Å². The summed E-state index contributed by atoms with van der Waals surface area (Å²) < 4.78 is 0. The maximum atomic E-state index is 12.2. The molecule has 5 rings (SSSR count). The molecule has 0 aromatic rings.